The summed E-state index contributed by atoms with van der Waals surface area (Å²) < 4.78 is 5.02. The van der Waals surface area contributed by atoms with Crippen molar-refractivity contribution in [2.24, 2.45) is 11.8 Å². The summed E-state index contributed by atoms with van der Waals surface area (Å²) in [6, 6.07) is -0.865. The number of rotatable bonds is 7. The van der Waals surface area contributed by atoms with Crippen molar-refractivity contribution in [3.05, 3.63) is 0 Å². The molecule has 3 rings (SSSR count). The largest absolute Gasteiger partial charge is 0.454 e. The number of esters is 1. The van der Waals surface area contributed by atoms with Gasteiger partial charge in [-0.15, -0.1) is 0 Å². The quantitative estimate of drug-likeness (QED) is 0.475. The molecule has 4 amide bonds. The first-order valence-electron chi connectivity index (χ1n) is 9.86. The summed E-state index contributed by atoms with van der Waals surface area (Å²) in [5.41, 5.74) is 0. The average Bonchev–Trinajstić information content (AvgIpc) is 3.44. The van der Waals surface area contributed by atoms with E-state index in [0.717, 1.165) is 30.6 Å². The van der Waals surface area contributed by atoms with Crippen LogP contribution >= 0.6 is 0 Å². The van der Waals surface area contributed by atoms with Gasteiger partial charge in [-0.05, 0) is 32.6 Å². The molecule has 1 aliphatic heterocycles. The van der Waals surface area contributed by atoms with Gasteiger partial charge in [-0.2, -0.15) is 0 Å². The lowest BCUT2D eigenvalue weighted by molar-refractivity contribution is -0.161. The Kier molecular flexibility index (Phi) is 6.00. The van der Waals surface area contributed by atoms with Crippen LogP contribution in [0.15, 0.2) is 0 Å². The molecule has 28 heavy (non-hydrogen) atoms. The molecule has 154 valence electrons. The van der Waals surface area contributed by atoms with Crippen LogP contribution in [0.25, 0.3) is 0 Å². The standard InChI is InChI=1S/C19H27N3O6/c1-11(22-17(25)13-5-3-4-6-14(13)18(22)26)19(27)28-10-16(24)21(2)9-15(23)20-12-7-8-12/h11-14H,3-10H2,1-2H3,(H,20,23)/t11-,13+,14+/m0/s1. The minimum Gasteiger partial charge on any atom is -0.454 e. The Morgan fingerprint density at radius 3 is 2.21 bits per heavy atom. The third kappa shape index (κ3) is 4.34. The fourth-order valence-corrected chi connectivity index (χ4v) is 3.84. The summed E-state index contributed by atoms with van der Waals surface area (Å²) in [5, 5.41) is 2.77. The van der Waals surface area contributed by atoms with E-state index in [9.17, 15) is 24.0 Å². The van der Waals surface area contributed by atoms with E-state index in [1.165, 1.54) is 18.9 Å². The molecule has 3 atom stereocenters. The third-order valence-corrected chi connectivity index (χ3v) is 5.69. The van der Waals surface area contributed by atoms with E-state index in [1.54, 1.807) is 0 Å². The van der Waals surface area contributed by atoms with Crippen LogP contribution in [-0.4, -0.2) is 71.7 Å². The number of nitrogens with one attached hydrogen (secondary N) is 1. The number of fused-ring (bicyclic) bond motifs is 1. The molecule has 2 aliphatic carbocycles. The van der Waals surface area contributed by atoms with Crippen LogP contribution in [0, 0.1) is 11.8 Å². The molecule has 0 aromatic carbocycles. The first-order valence-corrected chi connectivity index (χ1v) is 9.86. The number of ether oxygens (including phenoxy) is 1. The van der Waals surface area contributed by atoms with Crippen LogP contribution in [0.2, 0.25) is 0 Å². The monoisotopic (exact) mass is 393 g/mol. The molecule has 0 unspecified atom stereocenters. The first-order chi connectivity index (χ1) is 13.3. The van der Waals surface area contributed by atoms with E-state index in [1.807, 2.05) is 0 Å². The lowest BCUT2D eigenvalue weighted by Crippen LogP contribution is -2.45. The molecule has 3 fully saturated rings. The van der Waals surface area contributed by atoms with Crippen molar-refractivity contribution in [3.63, 3.8) is 0 Å². The van der Waals surface area contributed by atoms with Gasteiger partial charge in [0.25, 0.3) is 5.91 Å². The Bertz CT molecular complexity index is 665. The molecule has 1 N–H and O–H groups in total. The van der Waals surface area contributed by atoms with Crippen LogP contribution in [0.1, 0.15) is 45.4 Å². The van der Waals surface area contributed by atoms with Crippen molar-refractivity contribution in [1.82, 2.24) is 15.1 Å². The Morgan fingerprint density at radius 2 is 1.68 bits per heavy atom. The number of carbonyl (C=O) groups is 5. The zero-order valence-corrected chi connectivity index (χ0v) is 16.3. The van der Waals surface area contributed by atoms with E-state index >= 15 is 0 Å². The van der Waals surface area contributed by atoms with E-state index in [4.69, 9.17) is 4.74 Å². The molecule has 2 saturated carbocycles. The molecular weight excluding hydrogens is 366 g/mol. The van der Waals surface area contributed by atoms with E-state index in [-0.39, 0.29) is 42.1 Å². The number of hydrogen-bond acceptors (Lipinski definition) is 6. The minimum atomic E-state index is -1.07. The van der Waals surface area contributed by atoms with Gasteiger partial charge in [0.1, 0.15) is 6.04 Å². The molecule has 1 heterocycles. The van der Waals surface area contributed by atoms with Crippen LogP contribution in [0.4, 0.5) is 0 Å². The molecule has 0 radical (unpaired) electrons. The summed E-state index contributed by atoms with van der Waals surface area (Å²) in [6.45, 7) is 0.779. The van der Waals surface area contributed by atoms with Gasteiger partial charge in [-0.25, -0.2) is 4.79 Å². The highest BCUT2D eigenvalue weighted by molar-refractivity contribution is 6.07. The number of likely N-dealkylation sites (tertiary alicyclic amines) is 1. The molecular formula is C19H27N3O6. The second kappa shape index (κ2) is 8.28. The normalized spacial score (nSPS) is 25.1. The van der Waals surface area contributed by atoms with Gasteiger partial charge < -0.3 is 15.0 Å². The number of carbonyl (C=O) groups excluding carboxylic acids is 5. The van der Waals surface area contributed by atoms with Crippen molar-refractivity contribution in [2.45, 2.75) is 57.5 Å². The lowest BCUT2D eigenvalue weighted by Gasteiger charge is -2.22. The van der Waals surface area contributed by atoms with Crippen molar-refractivity contribution >= 4 is 29.6 Å². The smallest absolute Gasteiger partial charge is 0.329 e. The maximum atomic E-state index is 12.5. The second-order valence-electron chi connectivity index (χ2n) is 7.92. The zero-order valence-electron chi connectivity index (χ0n) is 16.3. The Labute approximate surface area is 163 Å². The van der Waals surface area contributed by atoms with Crippen molar-refractivity contribution in [2.75, 3.05) is 20.2 Å². The highest BCUT2D eigenvalue weighted by atomic mass is 16.5. The van der Waals surface area contributed by atoms with Gasteiger partial charge in [-0.3, -0.25) is 24.1 Å². The van der Waals surface area contributed by atoms with Crippen molar-refractivity contribution < 1.29 is 28.7 Å². The van der Waals surface area contributed by atoms with Crippen molar-refractivity contribution in [1.29, 1.82) is 0 Å². The molecule has 1 saturated heterocycles. The molecule has 9 nitrogen and oxygen atoms in total. The van der Waals surface area contributed by atoms with Gasteiger partial charge >= 0.3 is 5.97 Å². The maximum Gasteiger partial charge on any atom is 0.329 e. The third-order valence-electron chi connectivity index (χ3n) is 5.69. The molecule has 0 aromatic heterocycles. The topological polar surface area (TPSA) is 113 Å². The van der Waals surface area contributed by atoms with Crippen LogP contribution in [0.5, 0.6) is 0 Å². The highest BCUT2D eigenvalue weighted by Gasteiger charge is 2.51. The number of hydrogen-bond donors (Lipinski definition) is 1. The maximum absolute atomic E-state index is 12.5. The van der Waals surface area contributed by atoms with E-state index < -0.39 is 24.5 Å². The molecule has 0 aromatic rings. The van der Waals surface area contributed by atoms with Gasteiger partial charge in [0.05, 0.1) is 18.4 Å². The number of nitrogens with zero attached hydrogens (tertiary/aromatic N) is 2. The first kappa shape index (κ1) is 20.3. The minimum absolute atomic E-state index is 0.116. The Hall–Kier alpha value is -2.45. The van der Waals surface area contributed by atoms with Gasteiger partial charge in [0.2, 0.25) is 17.7 Å². The zero-order chi connectivity index (χ0) is 20.4. The summed E-state index contributed by atoms with van der Waals surface area (Å²) in [4.78, 5) is 63.4. The van der Waals surface area contributed by atoms with Crippen LogP contribution in [-0.2, 0) is 28.7 Å². The second-order valence-corrected chi connectivity index (χ2v) is 7.92. The van der Waals surface area contributed by atoms with Crippen LogP contribution < -0.4 is 5.32 Å². The van der Waals surface area contributed by atoms with Crippen molar-refractivity contribution in [3.8, 4) is 0 Å². The fourth-order valence-electron chi connectivity index (χ4n) is 3.84. The molecule has 9 heteroatoms. The van der Waals surface area contributed by atoms with Crippen LogP contribution in [0.3, 0.4) is 0 Å². The van der Waals surface area contributed by atoms with Gasteiger partial charge in [0, 0.05) is 13.1 Å². The fraction of sp³-hybridized carbons (Fsp3) is 0.737. The summed E-state index contributed by atoms with van der Waals surface area (Å²) in [5.74, 6) is -2.90. The molecule has 3 aliphatic rings. The predicted octanol–water partition coefficient (Wildman–Crippen LogP) is -0.170. The summed E-state index contributed by atoms with van der Waals surface area (Å²) in [7, 11) is 1.45. The number of likely N-dealkylation sites (N-methyl/N-ethyl adjacent to an activating group) is 1. The summed E-state index contributed by atoms with van der Waals surface area (Å²) >= 11 is 0. The molecule has 0 spiro atoms. The van der Waals surface area contributed by atoms with Gasteiger partial charge in [-0.1, -0.05) is 12.8 Å². The highest BCUT2D eigenvalue weighted by Crippen LogP contribution is 2.38. The SMILES string of the molecule is C[C@@H](C(=O)OCC(=O)N(C)CC(=O)NC1CC1)N1C(=O)[C@@H]2CCCC[C@H]2C1=O. The van der Waals surface area contributed by atoms with E-state index in [0.29, 0.717) is 12.8 Å². The molecule has 0 bridgehead atoms. The summed E-state index contributed by atoms with van der Waals surface area (Å²) in [6.07, 6.45) is 5.05. The number of imide groups is 1. The predicted molar refractivity (Wildman–Crippen MR) is 96.5 cm³/mol. The Morgan fingerprint density at radius 1 is 1.11 bits per heavy atom. The van der Waals surface area contributed by atoms with Gasteiger partial charge in [0.15, 0.2) is 6.61 Å². The number of amides is 4. The Balaban J connectivity index is 1.48. The lowest BCUT2D eigenvalue weighted by atomic mass is 9.81. The average molecular weight is 393 g/mol. The van der Waals surface area contributed by atoms with E-state index in [2.05, 4.69) is 5.32 Å².